The number of benzene rings is 1. The lowest BCUT2D eigenvalue weighted by Crippen LogP contribution is -2.26. The van der Waals surface area contributed by atoms with Crippen LogP contribution in [-0.2, 0) is 0 Å². The molecule has 4 aromatic rings. The van der Waals surface area contributed by atoms with Gasteiger partial charge in [0.05, 0.1) is 10.8 Å². The van der Waals surface area contributed by atoms with E-state index in [1.807, 2.05) is 35.7 Å². The third kappa shape index (κ3) is 6.84. The average molecular weight is 546 g/mol. The molecule has 39 heavy (non-hydrogen) atoms. The summed E-state index contributed by atoms with van der Waals surface area (Å²) < 4.78 is 8.25. The van der Waals surface area contributed by atoms with Crippen molar-refractivity contribution in [3.8, 4) is 22.2 Å². The number of nitrogens with zero attached hydrogens (tertiary/aromatic N) is 4. The first-order valence-corrected chi connectivity index (χ1v) is 14.8. The highest BCUT2D eigenvalue weighted by molar-refractivity contribution is 7.13. The zero-order valence-electron chi connectivity index (χ0n) is 22.9. The number of fused-ring (bicyclic) bond motifs is 1. The molecule has 1 fully saturated rings. The Morgan fingerprint density at radius 3 is 2.85 bits per heavy atom. The van der Waals surface area contributed by atoms with Gasteiger partial charge in [-0.3, -0.25) is 0 Å². The molecule has 206 valence electrons. The van der Waals surface area contributed by atoms with Crippen LogP contribution >= 0.6 is 11.3 Å². The summed E-state index contributed by atoms with van der Waals surface area (Å²) in [6, 6.07) is 10.1. The second-order valence-corrected chi connectivity index (χ2v) is 11.2. The molecule has 5 rings (SSSR count). The zero-order chi connectivity index (χ0) is 27.0. The molecule has 1 aromatic carbocycles. The lowest BCUT2D eigenvalue weighted by Gasteiger charge is -2.15. The highest BCUT2D eigenvalue weighted by Gasteiger charge is 2.29. The molecule has 9 heteroatoms. The zero-order valence-corrected chi connectivity index (χ0v) is 23.7. The van der Waals surface area contributed by atoms with Crippen LogP contribution in [0.25, 0.3) is 21.6 Å². The second kappa shape index (κ2) is 13.2. The number of thiazole rings is 1. The van der Waals surface area contributed by atoms with Gasteiger partial charge in [-0.05, 0) is 90.2 Å². The van der Waals surface area contributed by atoms with Crippen LogP contribution in [0.4, 0.5) is 5.82 Å². The van der Waals surface area contributed by atoms with Gasteiger partial charge in [0.1, 0.15) is 28.5 Å². The van der Waals surface area contributed by atoms with Crippen molar-refractivity contribution in [2.75, 3.05) is 31.9 Å². The lowest BCUT2D eigenvalue weighted by molar-refractivity contribution is 0.452. The standard InChI is InChI=1S/C30H39N7OS/c1-3-21(2)12-15-32-13-7-14-33-17-22-10-11-23(16-22)37-18-25(27-28(31)34-20-35-29(27)37)30-36-26(19-39-30)38-24-8-5-4-6-9-24/h3-6,8-9,18-20,22-23,32-33H,7,10-17H2,1-2H3,(H2,31,34,35)/b21-3+. The Morgan fingerprint density at radius 2 is 2.00 bits per heavy atom. The van der Waals surface area contributed by atoms with Crippen LogP contribution in [0.5, 0.6) is 11.6 Å². The molecule has 0 amide bonds. The fraction of sp³-hybridized carbons (Fsp3) is 0.433. The van der Waals surface area contributed by atoms with Gasteiger partial charge in [-0.25, -0.2) is 15.0 Å². The van der Waals surface area contributed by atoms with E-state index in [1.54, 1.807) is 17.7 Å². The monoisotopic (exact) mass is 545 g/mol. The molecule has 0 saturated heterocycles. The van der Waals surface area contributed by atoms with Gasteiger partial charge in [-0.1, -0.05) is 29.8 Å². The smallest absolute Gasteiger partial charge is 0.230 e. The maximum atomic E-state index is 6.37. The number of anilines is 1. The molecule has 1 saturated carbocycles. The molecule has 2 unspecified atom stereocenters. The van der Waals surface area contributed by atoms with Crippen LogP contribution in [0.3, 0.4) is 0 Å². The van der Waals surface area contributed by atoms with E-state index in [4.69, 9.17) is 15.5 Å². The van der Waals surface area contributed by atoms with Crippen molar-refractivity contribution in [2.24, 2.45) is 5.92 Å². The van der Waals surface area contributed by atoms with Gasteiger partial charge in [-0.15, -0.1) is 11.3 Å². The first-order chi connectivity index (χ1) is 19.1. The predicted octanol–water partition coefficient (Wildman–Crippen LogP) is 6.20. The second-order valence-electron chi connectivity index (χ2n) is 10.3. The summed E-state index contributed by atoms with van der Waals surface area (Å²) in [5.74, 6) is 2.49. The largest absolute Gasteiger partial charge is 0.438 e. The van der Waals surface area contributed by atoms with Crippen molar-refractivity contribution in [2.45, 2.75) is 52.0 Å². The Balaban J connectivity index is 1.19. The molecular weight excluding hydrogens is 506 g/mol. The summed E-state index contributed by atoms with van der Waals surface area (Å²) >= 11 is 1.55. The maximum Gasteiger partial charge on any atom is 0.230 e. The molecule has 0 spiro atoms. The molecule has 1 aliphatic carbocycles. The Morgan fingerprint density at radius 1 is 1.15 bits per heavy atom. The summed E-state index contributed by atoms with van der Waals surface area (Å²) in [6.07, 6.45) is 11.7. The highest BCUT2D eigenvalue weighted by atomic mass is 32.1. The van der Waals surface area contributed by atoms with Gasteiger partial charge < -0.3 is 25.7 Å². The number of nitrogens with two attached hydrogens (primary N) is 1. The summed E-state index contributed by atoms with van der Waals surface area (Å²) in [5.41, 5.74) is 9.67. The maximum absolute atomic E-state index is 6.37. The van der Waals surface area contributed by atoms with Crippen molar-refractivity contribution in [3.63, 3.8) is 0 Å². The Bertz CT molecular complexity index is 1380. The van der Waals surface area contributed by atoms with Gasteiger partial charge in [0.25, 0.3) is 0 Å². The van der Waals surface area contributed by atoms with Gasteiger partial charge in [-0.2, -0.15) is 0 Å². The van der Waals surface area contributed by atoms with Crippen molar-refractivity contribution in [1.82, 2.24) is 30.2 Å². The molecule has 8 nitrogen and oxygen atoms in total. The van der Waals surface area contributed by atoms with E-state index in [9.17, 15) is 0 Å². The molecule has 0 radical (unpaired) electrons. The summed E-state index contributed by atoms with van der Waals surface area (Å²) in [6.45, 7) is 8.52. The fourth-order valence-electron chi connectivity index (χ4n) is 5.27. The first kappa shape index (κ1) is 27.3. The number of aromatic nitrogens is 4. The molecule has 4 N–H and O–H groups in total. The Hall–Kier alpha value is -3.27. The number of rotatable bonds is 13. The number of para-hydroxylation sites is 1. The van der Waals surface area contributed by atoms with Crippen molar-refractivity contribution >= 4 is 28.2 Å². The van der Waals surface area contributed by atoms with Crippen LogP contribution in [0.15, 0.2) is 59.9 Å². The molecular formula is C30H39N7OS. The van der Waals surface area contributed by atoms with Crippen molar-refractivity contribution < 1.29 is 4.74 Å². The number of nitrogens with one attached hydrogen (secondary N) is 2. The normalized spacial score (nSPS) is 17.7. The molecule has 3 aromatic heterocycles. The fourth-order valence-corrected chi connectivity index (χ4v) is 6.01. The van der Waals surface area contributed by atoms with Crippen molar-refractivity contribution in [1.29, 1.82) is 0 Å². The van der Waals surface area contributed by atoms with Crippen LogP contribution in [0.1, 0.15) is 52.0 Å². The molecule has 3 heterocycles. The quantitative estimate of drug-likeness (QED) is 0.136. The predicted molar refractivity (Wildman–Crippen MR) is 160 cm³/mol. The first-order valence-electron chi connectivity index (χ1n) is 14.0. The topological polar surface area (TPSA) is 103 Å². The number of allylic oxidation sites excluding steroid dienone is 1. The number of ether oxygens (including phenoxy) is 1. The van der Waals surface area contributed by atoms with Gasteiger partial charge >= 0.3 is 0 Å². The number of hydrogen-bond acceptors (Lipinski definition) is 8. The van der Waals surface area contributed by atoms with Crippen LogP contribution in [-0.4, -0.2) is 45.7 Å². The number of nitrogen functional groups attached to an aromatic ring is 1. The van der Waals surface area contributed by atoms with E-state index >= 15 is 0 Å². The van der Waals surface area contributed by atoms with E-state index in [-0.39, 0.29) is 0 Å². The Labute approximate surface area is 234 Å². The minimum absolute atomic E-state index is 0.388. The summed E-state index contributed by atoms with van der Waals surface area (Å²) in [7, 11) is 0. The van der Waals surface area contributed by atoms with E-state index in [1.165, 1.54) is 12.0 Å². The number of hydrogen-bond donors (Lipinski definition) is 3. The van der Waals surface area contributed by atoms with Crippen LogP contribution < -0.4 is 21.1 Å². The summed E-state index contributed by atoms with van der Waals surface area (Å²) in [4.78, 5) is 13.7. The van der Waals surface area contributed by atoms with E-state index < -0.39 is 0 Å². The van der Waals surface area contributed by atoms with Gasteiger partial charge in [0.2, 0.25) is 5.88 Å². The lowest BCUT2D eigenvalue weighted by atomic mass is 10.1. The van der Waals surface area contributed by atoms with Crippen LogP contribution in [0.2, 0.25) is 0 Å². The molecule has 1 aliphatic rings. The average Bonchev–Trinajstić information content (AvgIpc) is 3.69. The molecule has 0 aliphatic heterocycles. The minimum atomic E-state index is 0.388. The summed E-state index contributed by atoms with van der Waals surface area (Å²) in [5, 5.41) is 10.9. The Kier molecular flexibility index (Phi) is 9.23. The SMILES string of the molecule is C/C=C(\C)CCNCCCNCC1CCC(n2cc(-c3nc(Oc4ccccc4)cs3)c3c(N)ncnc32)C1. The molecule has 2 atom stereocenters. The third-order valence-electron chi connectivity index (χ3n) is 7.55. The van der Waals surface area contributed by atoms with Gasteiger partial charge in [0.15, 0.2) is 0 Å². The van der Waals surface area contributed by atoms with E-state index in [0.717, 1.165) is 79.2 Å². The van der Waals surface area contributed by atoms with Crippen molar-refractivity contribution in [3.05, 3.63) is 59.9 Å². The molecule has 0 bridgehead atoms. The van der Waals surface area contributed by atoms with Crippen LogP contribution in [0, 0.1) is 5.92 Å². The third-order valence-corrected chi connectivity index (χ3v) is 8.41. The van der Waals surface area contributed by atoms with Gasteiger partial charge in [0, 0.05) is 17.8 Å². The minimum Gasteiger partial charge on any atom is -0.438 e. The van der Waals surface area contributed by atoms with E-state index in [2.05, 4.69) is 51.3 Å². The highest BCUT2D eigenvalue weighted by Crippen LogP contribution is 2.41. The van der Waals surface area contributed by atoms with E-state index in [0.29, 0.717) is 23.7 Å².